The molecule has 0 aromatic carbocycles. The predicted octanol–water partition coefficient (Wildman–Crippen LogP) is 0.565. The van der Waals surface area contributed by atoms with Crippen LogP contribution in [-0.2, 0) is 33.2 Å². The van der Waals surface area contributed by atoms with Crippen LogP contribution >= 0.6 is 0 Å². The molecule has 5 N–H and O–H groups in total. The topological polar surface area (TPSA) is 174 Å². The summed E-state index contributed by atoms with van der Waals surface area (Å²) in [6.07, 6.45) is -6.58. The van der Waals surface area contributed by atoms with E-state index in [-0.39, 0.29) is 11.7 Å². The van der Waals surface area contributed by atoms with Gasteiger partial charge in [0.1, 0.15) is 48.8 Å². The van der Waals surface area contributed by atoms with Gasteiger partial charge in [-0.2, -0.15) is 0 Å². The largest absolute Gasteiger partial charge is 0.394 e. The molecular formula is C29H50O12. The second-order valence-electron chi connectivity index (χ2n) is 11.9. The number of fused-ring (bicyclic) bond motifs is 1. The van der Waals surface area contributed by atoms with E-state index in [9.17, 15) is 30.3 Å². The van der Waals surface area contributed by atoms with E-state index in [0.29, 0.717) is 25.9 Å². The number of rotatable bonds is 8. The number of Topliss-reactive ketones (excluding diaryl/α,β-unsaturated/α-hetero) is 1. The zero-order valence-corrected chi connectivity index (χ0v) is 24.5. The monoisotopic (exact) mass is 590 g/mol. The van der Waals surface area contributed by atoms with Crippen LogP contribution < -0.4 is 0 Å². The number of ketones is 1. The minimum absolute atomic E-state index is 0.0511. The third-order valence-electron chi connectivity index (χ3n) is 9.08. The van der Waals surface area contributed by atoms with Crippen molar-refractivity contribution in [2.45, 2.75) is 158 Å². The molecule has 4 rings (SSSR count). The van der Waals surface area contributed by atoms with E-state index in [4.69, 9.17) is 28.4 Å². The molecule has 12 heteroatoms. The highest BCUT2D eigenvalue weighted by Crippen LogP contribution is 2.37. The molecule has 0 bridgehead atoms. The number of carbonyl (C=O) groups is 1. The summed E-state index contributed by atoms with van der Waals surface area (Å²) in [5, 5.41) is 52.2. The van der Waals surface area contributed by atoms with Gasteiger partial charge in [0.15, 0.2) is 18.4 Å². The molecule has 1 saturated carbocycles. The Morgan fingerprint density at radius 1 is 0.805 bits per heavy atom. The zero-order chi connectivity index (χ0) is 29.7. The van der Waals surface area contributed by atoms with Crippen molar-refractivity contribution in [3.8, 4) is 0 Å². The van der Waals surface area contributed by atoms with Crippen LogP contribution in [0.2, 0.25) is 0 Å². The summed E-state index contributed by atoms with van der Waals surface area (Å²) < 4.78 is 37.1. The normalized spacial score (nSPS) is 46.4. The Balaban J connectivity index is 1.57. The van der Waals surface area contributed by atoms with Crippen LogP contribution in [0.15, 0.2) is 0 Å². The summed E-state index contributed by atoms with van der Waals surface area (Å²) in [5.41, 5.74) is 0. The first-order valence-corrected chi connectivity index (χ1v) is 15.4. The van der Waals surface area contributed by atoms with Crippen molar-refractivity contribution in [3.05, 3.63) is 0 Å². The van der Waals surface area contributed by atoms with Gasteiger partial charge in [0.05, 0.1) is 24.9 Å². The number of hydrogen-bond acceptors (Lipinski definition) is 12. The van der Waals surface area contributed by atoms with Crippen LogP contribution in [-0.4, -0.2) is 124 Å². The van der Waals surface area contributed by atoms with Crippen molar-refractivity contribution in [3.63, 3.8) is 0 Å². The predicted molar refractivity (Wildman–Crippen MR) is 144 cm³/mol. The van der Waals surface area contributed by atoms with Gasteiger partial charge in [-0.3, -0.25) is 4.79 Å². The van der Waals surface area contributed by atoms with Crippen LogP contribution in [0.1, 0.15) is 78.6 Å². The molecule has 3 heterocycles. The Bertz CT molecular complexity index is 815. The molecule has 0 radical (unpaired) electrons. The molecule has 4 aliphatic rings. The Labute approximate surface area is 242 Å². The van der Waals surface area contributed by atoms with E-state index >= 15 is 0 Å². The number of hydrogen-bond donors (Lipinski definition) is 5. The number of aliphatic hydroxyl groups is 5. The smallest absolute Gasteiger partial charge is 0.187 e. The summed E-state index contributed by atoms with van der Waals surface area (Å²) in [5.74, 6) is -0.00428. The van der Waals surface area contributed by atoms with Crippen LogP contribution in [0.25, 0.3) is 0 Å². The molecule has 0 spiro atoms. The lowest BCUT2D eigenvalue weighted by molar-refractivity contribution is -0.353. The van der Waals surface area contributed by atoms with Gasteiger partial charge in [-0.05, 0) is 38.5 Å². The van der Waals surface area contributed by atoms with E-state index in [1.807, 2.05) is 6.92 Å². The fourth-order valence-corrected chi connectivity index (χ4v) is 6.48. The van der Waals surface area contributed by atoms with Crippen LogP contribution in [0.5, 0.6) is 0 Å². The Morgan fingerprint density at radius 3 is 2.29 bits per heavy atom. The third kappa shape index (κ3) is 7.66. The van der Waals surface area contributed by atoms with E-state index < -0.39 is 86.3 Å². The van der Waals surface area contributed by atoms with E-state index in [1.165, 1.54) is 0 Å². The maximum absolute atomic E-state index is 12.7. The van der Waals surface area contributed by atoms with Crippen molar-refractivity contribution >= 4 is 5.78 Å². The molecule has 41 heavy (non-hydrogen) atoms. The fraction of sp³-hybridized carbons (Fsp3) is 0.966. The summed E-state index contributed by atoms with van der Waals surface area (Å²) in [6.45, 7) is 5.33. The van der Waals surface area contributed by atoms with Gasteiger partial charge < -0.3 is 54.0 Å². The average Bonchev–Trinajstić information content (AvgIpc) is 2.98. The molecule has 1 aliphatic carbocycles. The van der Waals surface area contributed by atoms with Crippen molar-refractivity contribution in [1.29, 1.82) is 0 Å². The Hall–Kier alpha value is -0.770. The fourth-order valence-electron chi connectivity index (χ4n) is 6.48. The number of aliphatic hydroxyl groups excluding tert-OH is 5. The average molecular weight is 591 g/mol. The molecule has 6 unspecified atom stereocenters. The van der Waals surface area contributed by atoms with Gasteiger partial charge in [-0.15, -0.1) is 0 Å². The molecule has 3 aliphatic heterocycles. The zero-order valence-electron chi connectivity index (χ0n) is 24.5. The molecule has 0 amide bonds. The summed E-state index contributed by atoms with van der Waals surface area (Å²) >= 11 is 0. The number of ether oxygens (including phenoxy) is 6. The molecule has 0 aromatic rings. The van der Waals surface area contributed by atoms with E-state index in [0.717, 1.165) is 38.5 Å². The van der Waals surface area contributed by atoms with Gasteiger partial charge in [0.2, 0.25) is 0 Å². The highest BCUT2D eigenvalue weighted by molar-refractivity contribution is 5.82. The first kappa shape index (κ1) is 33.1. The minimum Gasteiger partial charge on any atom is -0.394 e. The summed E-state index contributed by atoms with van der Waals surface area (Å²) in [4.78, 5) is 12.7. The third-order valence-corrected chi connectivity index (χ3v) is 9.08. The van der Waals surface area contributed by atoms with Crippen LogP contribution in [0, 0.1) is 5.92 Å². The van der Waals surface area contributed by atoms with Gasteiger partial charge in [0.25, 0.3) is 0 Å². The highest BCUT2D eigenvalue weighted by atomic mass is 16.7. The summed E-state index contributed by atoms with van der Waals surface area (Å²) in [6, 6.07) is 0. The lowest BCUT2D eigenvalue weighted by atomic mass is 9.82. The maximum atomic E-state index is 12.7. The molecule has 4 fully saturated rings. The van der Waals surface area contributed by atoms with Gasteiger partial charge in [-0.1, -0.05) is 39.5 Å². The van der Waals surface area contributed by atoms with Gasteiger partial charge in [-0.25, -0.2) is 0 Å². The molecule has 12 nitrogen and oxygen atoms in total. The number of carbonyl (C=O) groups excluding carboxylic acids is 1. The summed E-state index contributed by atoms with van der Waals surface area (Å²) in [7, 11) is 0. The maximum Gasteiger partial charge on any atom is 0.187 e. The first-order valence-electron chi connectivity index (χ1n) is 15.4. The molecule has 0 aromatic heterocycles. The lowest BCUT2D eigenvalue weighted by Crippen LogP contribution is -2.63. The molecular weight excluding hydrogens is 540 g/mol. The molecule has 238 valence electrons. The quantitative estimate of drug-likeness (QED) is 0.266. The van der Waals surface area contributed by atoms with Crippen LogP contribution in [0.4, 0.5) is 0 Å². The van der Waals surface area contributed by atoms with Gasteiger partial charge in [0, 0.05) is 13.0 Å². The molecule has 14 atom stereocenters. The second kappa shape index (κ2) is 15.3. The van der Waals surface area contributed by atoms with Gasteiger partial charge >= 0.3 is 0 Å². The van der Waals surface area contributed by atoms with Crippen molar-refractivity contribution < 1.29 is 58.7 Å². The van der Waals surface area contributed by atoms with E-state index in [2.05, 4.69) is 0 Å². The standard InChI is InChI=1S/C29H50O12/c1-4-16-10-9-12-19(25(16)41-28-24(35)23(34)21(32)15(3)37-28)39-29-27-26(22(33)20(14-30)40-29)38-18(17(31)5-2)11-7-6-8-13-36-27/h15-16,18-30,32-35H,4-14H2,1-3H3/t15?,16-,18-,19-,20?,21-,22+,23?,24+,25?,26?,27?,28+,29-/m1/s1. The van der Waals surface area contributed by atoms with Crippen LogP contribution in [0.3, 0.4) is 0 Å². The second-order valence-corrected chi connectivity index (χ2v) is 11.9. The minimum atomic E-state index is -1.45. The van der Waals surface area contributed by atoms with E-state index in [1.54, 1.807) is 13.8 Å². The highest BCUT2D eigenvalue weighted by Gasteiger charge is 2.51. The Morgan fingerprint density at radius 2 is 1.59 bits per heavy atom. The van der Waals surface area contributed by atoms with Crippen molar-refractivity contribution in [2.75, 3.05) is 13.2 Å². The first-order chi connectivity index (χ1) is 19.7. The van der Waals surface area contributed by atoms with Crippen molar-refractivity contribution in [1.82, 2.24) is 0 Å². The molecule has 3 saturated heterocycles. The SMILES string of the molecule is CCC(=O)[C@H]1CCCCCOC2C(O1)[C@@H](O)C(CO)O[C@H]2O[C@@H]1CCC[C@@H](CC)C1O[C@@H]1OC(C)[C@@H](O)C(O)[C@@H]1O. The Kier molecular flexibility index (Phi) is 12.4. The van der Waals surface area contributed by atoms with Crippen molar-refractivity contribution in [2.24, 2.45) is 5.92 Å². The lowest BCUT2D eigenvalue weighted by Gasteiger charge is -2.48.